The molecule has 0 aromatic heterocycles. The maximum atomic E-state index is 10.6. The average Bonchev–Trinajstić information content (AvgIpc) is 2.15. The number of nitrogens with two attached hydrogens (primary N) is 1. The summed E-state index contributed by atoms with van der Waals surface area (Å²) in [5.41, 5.74) is 1.44. The Morgan fingerprint density at radius 2 is 1.81 bits per heavy atom. The largest absolute Gasteiger partial charge is 0.508 e. The van der Waals surface area contributed by atoms with Gasteiger partial charge >= 0.3 is 17.4 Å². The number of rotatable bonds is 4. The molecule has 0 unspecified atom stereocenters. The van der Waals surface area contributed by atoms with Gasteiger partial charge in [-0.25, -0.2) is 5.14 Å². The summed E-state index contributed by atoms with van der Waals surface area (Å²) in [4.78, 5) is 0. The first-order chi connectivity index (χ1) is 7.29. The van der Waals surface area contributed by atoms with Crippen LogP contribution in [0.15, 0.2) is 24.3 Å². The molecule has 3 N–H and O–H groups in total. The fourth-order valence-electron chi connectivity index (χ4n) is 1.23. The molecule has 0 fully saturated rings. The lowest BCUT2D eigenvalue weighted by Gasteiger charge is -2.08. The summed E-state index contributed by atoms with van der Waals surface area (Å²) >= 11 is 0. The maximum absolute atomic E-state index is 10.6. The molecule has 1 rings (SSSR count). The molecule has 7 heteroatoms. The van der Waals surface area contributed by atoms with Crippen LogP contribution in [-0.4, -0.2) is 20.6 Å². The third-order valence-electron chi connectivity index (χ3n) is 2.11. The predicted molar refractivity (Wildman–Crippen MR) is 62.3 cm³/mol. The normalized spacial score (nSPS) is 11.8. The molecule has 0 bridgehead atoms. The summed E-state index contributed by atoms with van der Waals surface area (Å²) in [6.45, 7) is 4.07. The Bertz CT molecular complexity index is 443. The van der Waals surface area contributed by atoms with Crippen molar-refractivity contribution in [2.24, 2.45) is 5.14 Å². The highest BCUT2D eigenvalue weighted by atomic mass is 32.2. The monoisotopic (exact) mass is 243 g/mol. The molecule has 0 saturated heterocycles. The third kappa shape index (κ3) is 3.94. The van der Waals surface area contributed by atoms with Crippen LogP contribution in [0, 0.1) is 0 Å². The van der Waals surface area contributed by atoms with Crippen LogP contribution in [0.5, 0.6) is 0 Å². The highest BCUT2D eigenvalue weighted by Crippen LogP contribution is 2.11. The van der Waals surface area contributed by atoms with Gasteiger partial charge in [-0.15, -0.1) is 0 Å². The molecule has 1 aromatic carbocycles. The Balaban J connectivity index is 2.82. The van der Waals surface area contributed by atoms with E-state index in [1.165, 1.54) is 0 Å². The zero-order valence-corrected chi connectivity index (χ0v) is 9.94. The Morgan fingerprint density at radius 1 is 1.31 bits per heavy atom. The molecular weight excluding hydrogens is 229 g/mol. The van der Waals surface area contributed by atoms with Gasteiger partial charge in [0.05, 0.1) is 0 Å². The first-order valence-electron chi connectivity index (χ1n) is 4.78. The summed E-state index contributed by atoms with van der Waals surface area (Å²) in [6.07, 6.45) is 0. The van der Waals surface area contributed by atoms with Crippen LogP contribution in [0.2, 0.25) is 0 Å². The van der Waals surface area contributed by atoms with E-state index in [0.29, 0.717) is 11.4 Å². The van der Waals surface area contributed by atoms with Crippen LogP contribution in [0.4, 0.5) is 0 Å². The Hall–Kier alpha value is -0.885. The Morgan fingerprint density at radius 3 is 2.19 bits per heavy atom. The van der Waals surface area contributed by atoms with Crippen LogP contribution in [0.1, 0.15) is 25.3 Å². The molecule has 0 saturated carbocycles. The van der Waals surface area contributed by atoms with Crippen molar-refractivity contribution in [1.29, 1.82) is 0 Å². The lowest BCUT2D eigenvalue weighted by molar-refractivity contribution is 0.420. The molecule has 88 valence electrons. The molecule has 0 spiro atoms. The van der Waals surface area contributed by atoms with E-state index >= 15 is 0 Å². The predicted octanol–water partition coefficient (Wildman–Crippen LogP) is -0.282. The van der Waals surface area contributed by atoms with Crippen molar-refractivity contribution < 1.29 is 17.5 Å². The minimum atomic E-state index is -4.15. The van der Waals surface area contributed by atoms with Gasteiger partial charge in [-0.3, -0.25) is 4.10 Å². The molecule has 0 amide bonds. The molecule has 1 aromatic rings. The lowest BCUT2D eigenvalue weighted by Crippen LogP contribution is -2.38. The topological polar surface area (TPSA) is 89.6 Å². The van der Waals surface area contributed by atoms with Crippen molar-refractivity contribution in [2.45, 2.75) is 19.8 Å². The summed E-state index contributed by atoms with van der Waals surface area (Å²) in [5, 5.41) is 14.0. The number of benzene rings is 1. The van der Waals surface area contributed by atoms with Gasteiger partial charge in [-0.1, -0.05) is 38.1 Å². The van der Waals surface area contributed by atoms with Crippen molar-refractivity contribution in [1.82, 2.24) is 0 Å². The number of hydrogen-bond donors (Lipinski definition) is 2. The molecule has 0 heterocycles. The van der Waals surface area contributed by atoms with Crippen LogP contribution >= 0.6 is 0 Å². The SMILES string of the molecule is CC(C)c1ccc(B(O)OS(N)(=O)=O)cc1. The first-order valence-corrected chi connectivity index (χ1v) is 6.25. The molecule has 0 aliphatic carbocycles. The third-order valence-corrected chi connectivity index (χ3v) is 2.56. The maximum Gasteiger partial charge on any atom is 0.508 e. The van der Waals surface area contributed by atoms with Gasteiger partial charge in [0.25, 0.3) is 0 Å². The first kappa shape index (κ1) is 13.2. The van der Waals surface area contributed by atoms with Gasteiger partial charge in [0.2, 0.25) is 0 Å². The van der Waals surface area contributed by atoms with Gasteiger partial charge in [0, 0.05) is 0 Å². The van der Waals surface area contributed by atoms with Gasteiger partial charge in [0.1, 0.15) is 0 Å². The summed E-state index contributed by atoms with van der Waals surface area (Å²) in [5.74, 6) is 0.366. The van der Waals surface area contributed by atoms with Gasteiger partial charge in [-0.2, -0.15) is 8.42 Å². The van der Waals surface area contributed by atoms with Gasteiger partial charge in [-0.05, 0) is 16.9 Å². The van der Waals surface area contributed by atoms with Gasteiger partial charge < -0.3 is 5.02 Å². The van der Waals surface area contributed by atoms with Crippen molar-refractivity contribution in [3.63, 3.8) is 0 Å². The molecule has 16 heavy (non-hydrogen) atoms. The fraction of sp³-hybridized carbons (Fsp3) is 0.333. The molecular formula is C9H14BNO4S. The van der Waals surface area contributed by atoms with Crippen LogP contribution in [-0.2, 0) is 14.4 Å². The van der Waals surface area contributed by atoms with Crippen molar-refractivity contribution in [2.75, 3.05) is 0 Å². The molecule has 0 aliphatic rings. The van der Waals surface area contributed by atoms with E-state index in [1.807, 2.05) is 13.8 Å². The second-order valence-corrected chi connectivity index (χ2v) is 4.94. The van der Waals surface area contributed by atoms with E-state index in [2.05, 4.69) is 9.24 Å². The molecule has 5 nitrogen and oxygen atoms in total. The van der Waals surface area contributed by atoms with E-state index in [0.717, 1.165) is 5.56 Å². The summed E-state index contributed by atoms with van der Waals surface area (Å²) in [6, 6.07) is 6.81. The van der Waals surface area contributed by atoms with E-state index in [1.54, 1.807) is 24.3 Å². The van der Waals surface area contributed by atoms with Crippen molar-refractivity contribution in [3.8, 4) is 0 Å². The highest BCUT2D eigenvalue weighted by Gasteiger charge is 2.22. The quantitative estimate of drug-likeness (QED) is 0.711. The van der Waals surface area contributed by atoms with Gasteiger partial charge in [0.15, 0.2) is 0 Å². The Labute approximate surface area is 95.6 Å². The summed E-state index contributed by atoms with van der Waals surface area (Å²) in [7, 11) is -5.71. The minimum absolute atomic E-state index is 0.346. The second kappa shape index (κ2) is 4.96. The minimum Gasteiger partial charge on any atom is -0.422 e. The van der Waals surface area contributed by atoms with Crippen LogP contribution < -0.4 is 10.6 Å². The number of hydrogen-bond acceptors (Lipinski definition) is 4. The lowest BCUT2D eigenvalue weighted by atomic mass is 9.79. The van der Waals surface area contributed by atoms with E-state index < -0.39 is 17.4 Å². The zero-order valence-electron chi connectivity index (χ0n) is 9.12. The van der Waals surface area contributed by atoms with E-state index in [4.69, 9.17) is 0 Å². The zero-order chi connectivity index (χ0) is 12.3. The van der Waals surface area contributed by atoms with E-state index in [9.17, 15) is 13.4 Å². The Kier molecular flexibility index (Phi) is 4.09. The van der Waals surface area contributed by atoms with Crippen LogP contribution in [0.3, 0.4) is 0 Å². The van der Waals surface area contributed by atoms with Crippen molar-refractivity contribution in [3.05, 3.63) is 29.8 Å². The smallest absolute Gasteiger partial charge is 0.422 e. The van der Waals surface area contributed by atoms with Crippen molar-refractivity contribution >= 4 is 22.9 Å². The standard InChI is InChI=1S/C9H14BNO4S/c1-7(2)8-3-5-9(6-4-8)10(12)15-16(11,13)14/h3-7,12H,1-2H3,(H2,11,13,14). The molecule has 0 aliphatic heterocycles. The van der Waals surface area contributed by atoms with Crippen LogP contribution in [0.25, 0.3) is 0 Å². The summed E-state index contributed by atoms with van der Waals surface area (Å²) < 4.78 is 25.4. The average molecular weight is 243 g/mol. The highest BCUT2D eigenvalue weighted by molar-refractivity contribution is 7.85. The fourth-order valence-corrected chi connectivity index (χ4v) is 1.59. The molecule has 0 atom stereocenters. The molecule has 0 radical (unpaired) electrons. The van der Waals surface area contributed by atoms with E-state index in [-0.39, 0.29) is 0 Å². The second-order valence-electron chi connectivity index (χ2n) is 3.76.